The van der Waals surface area contributed by atoms with E-state index in [1.165, 1.54) is 15.4 Å². The maximum atomic E-state index is 13.3. The standard InChI is InChI=1S/C26H30N2O3S2/c1-21-13-15-23(16-14-21)20-32-18-8-17-27-26(29)19-28(25-12-7-6-9-22(25)2)33(30,31)24-10-4-3-5-11-24/h3-7,9-16H,8,17-20H2,1-2H3,(H,27,29). The van der Waals surface area contributed by atoms with Crippen LogP contribution in [0.15, 0.2) is 83.8 Å². The van der Waals surface area contributed by atoms with Crippen molar-refractivity contribution in [3.63, 3.8) is 0 Å². The minimum Gasteiger partial charge on any atom is -0.354 e. The van der Waals surface area contributed by atoms with Crippen LogP contribution in [-0.2, 0) is 20.6 Å². The number of carbonyl (C=O) groups excluding carboxylic acids is 1. The lowest BCUT2D eigenvalue weighted by molar-refractivity contribution is -0.119. The van der Waals surface area contributed by atoms with Crippen LogP contribution in [-0.4, -0.2) is 33.2 Å². The number of hydrogen-bond acceptors (Lipinski definition) is 4. The van der Waals surface area contributed by atoms with E-state index in [9.17, 15) is 13.2 Å². The van der Waals surface area contributed by atoms with Gasteiger partial charge in [0.05, 0.1) is 10.6 Å². The number of benzene rings is 3. The van der Waals surface area contributed by atoms with Crippen LogP contribution >= 0.6 is 11.8 Å². The van der Waals surface area contributed by atoms with E-state index in [4.69, 9.17) is 0 Å². The number of sulfonamides is 1. The zero-order chi connectivity index (χ0) is 23.7. The summed E-state index contributed by atoms with van der Waals surface area (Å²) in [6, 6.07) is 23.9. The van der Waals surface area contributed by atoms with Crippen molar-refractivity contribution in [2.45, 2.75) is 30.9 Å². The molecule has 0 heterocycles. The Labute approximate surface area is 201 Å². The molecule has 0 atom stereocenters. The molecule has 0 aliphatic heterocycles. The molecule has 0 spiro atoms. The molecule has 3 aromatic rings. The number of carbonyl (C=O) groups is 1. The summed E-state index contributed by atoms with van der Waals surface area (Å²) in [6.07, 6.45) is 0.818. The van der Waals surface area contributed by atoms with Gasteiger partial charge < -0.3 is 5.32 Å². The second-order valence-corrected chi connectivity index (χ2v) is 10.8. The third-order valence-corrected chi connectivity index (χ3v) is 8.07. The summed E-state index contributed by atoms with van der Waals surface area (Å²) in [7, 11) is -3.88. The molecule has 0 saturated heterocycles. The van der Waals surface area contributed by atoms with Gasteiger partial charge >= 0.3 is 0 Å². The smallest absolute Gasteiger partial charge is 0.264 e. The number of nitrogens with one attached hydrogen (secondary N) is 1. The van der Waals surface area contributed by atoms with Crippen molar-refractivity contribution in [3.8, 4) is 0 Å². The summed E-state index contributed by atoms with van der Waals surface area (Å²) in [6.45, 7) is 4.16. The summed E-state index contributed by atoms with van der Waals surface area (Å²) in [5.41, 5.74) is 3.83. The lowest BCUT2D eigenvalue weighted by Crippen LogP contribution is -2.41. The maximum Gasteiger partial charge on any atom is 0.264 e. The van der Waals surface area contributed by atoms with E-state index in [1.807, 2.05) is 30.8 Å². The third-order valence-electron chi connectivity index (χ3n) is 5.18. The predicted molar refractivity (Wildman–Crippen MR) is 137 cm³/mol. The van der Waals surface area contributed by atoms with Crippen LogP contribution in [0, 0.1) is 13.8 Å². The molecule has 1 N–H and O–H groups in total. The highest BCUT2D eigenvalue weighted by Crippen LogP contribution is 2.26. The van der Waals surface area contributed by atoms with Crippen LogP contribution in [0.1, 0.15) is 23.1 Å². The lowest BCUT2D eigenvalue weighted by Gasteiger charge is -2.25. The van der Waals surface area contributed by atoms with Gasteiger partial charge in [-0.1, -0.05) is 66.2 Å². The van der Waals surface area contributed by atoms with Crippen molar-refractivity contribution in [2.75, 3.05) is 23.1 Å². The van der Waals surface area contributed by atoms with Crippen LogP contribution in [0.5, 0.6) is 0 Å². The number of hydrogen-bond donors (Lipinski definition) is 1. The Morgan fingerprint density at radius 1 is 0.909 bits per heavy atom. The van der Waals surface area contributed by atoms with E-state index >= 15 is 0 Å². The molecule has 0 aromatic heterocycles. The number of anilines is 1. The molecule has 0 unspecified atom stereocenters. The number of rotatable bonds is 11. The summed E-state index contributed by atoms with van der Waals surface area (Å²) >= 11 is 1.82. The fraction of sp³-hybridized carbons (Fsp3) is 0.269. The van der Waals surface area contributed by atoms with Crippen molar-refractivity contribution in [3.05, 3.63) is 95.6 Å². The van der Waals surface area contributed by atoms with Crippen LogP contribution in [0.3, 0.4) is 0 Å². The first-order chi connectivity index (χ1) is 15.9. The fourth-order valence-electron chi connectivity index (χ4n) is 3.33. The second kappa shape index (κ2) is 11.9. The van der Waals surface area contributed by atoms with Crippen LogP contribution in [0.25, 0.3) is 0 Å². The largest absolute Gasteiger partial charge is 0.354 e. The number of aryl methyl sites for hydroxylation is 2. The van der Waals surface area contributed by atoms with E-state index in [2.05, 4.69) is 36.5 Å². The van der Waals surface area contributed by atoms with Crippen LogP contribution in [0.4, 0.5) is 5.69 Å². The highest BCUT2D eigenvalue weighted by atomic mass is 32.2. The van der Waals surface area contributed by atoms with Gasteiger partial charge in [0, 0.05) is 12.3 Å². The molecule has 3 aromatic carbocycles. The van der Waals surface area contributed by atoms with Gasteiger partial charge in [-0.25, -0.2) is 8.42 Å². The van der Waals surface area contributed by atoms with Crippen molar-refractivity contribution in [2.24, 2.45) is 0 Å². The van der Waals surface area contributed by atoms with Gasteiger partial charge in [0.25, 0.3) is 10.0 Å². The minimum atomic E-state index is -3.88. The molecule has 0 aliphatic rings. The van der Waals surface area contributed by atoms with E-state index < -0.39 is 10.0 Å². The molecule has 174 valence electrons. The van der Waals surface area contributed by atoms with Gasteiger partial charge in [-0.3, -0.25) is 9.10 Å². The number of nitrogens with zero attached hydrogens (tertiary/aromatic N) is 1. The molecular formula is C26H30N2O3S2. The molecular weight excluding hydrogens is 452 g/mol. The number of amides is 1. The Kier molecular flexibility index (Phi) is 8.97. The lowest BCUT2D eigenvalue weighted by atomic mass is 10.2. The third kappa shape index (κ3) is 7.11. The SMILES string of the molecule is Cc1ccc(CSCCCNC(=O)CN(c2ccccc2C)S(=O)(=O)c2ccccc2)cc1. The topological polar surface area (TPSA) is 66.5 Å². The average molecular weight is 483 g/mol. The summed E-state index contributed by atoms with van der Waals surface area (Å²) in [5.74, 6) is 1.53. The molecule has 5 nitrogen and oxygen atoms in total. The number of para-hydroxylation sites is 1. The molecule has 3 rings (SSSR count). The highest BCUT2D eigenvalue weighted by Gasteiger charge is 2.27. The molecule has 0 aliphatic carbocycles. The Morgan fingerprint density at radius 2 is 1.58 bits per heavy atom. The van der Waals surface area contributed by atoms with Gasteiger partial charge in [0.2, 0.25) is 5.91 Å². The van der Waals surface area contributed by atoms with Crippen molar-refractivity contribution in [1.82, 2.24) is 5.32 Å². The Bertz CT molecular complexity index is 1150. The van der Waals surface area contributed by atoms with Crippen molar-refractivity contribution < 1.29 is 13.2 Å². The van der Waals surface area contributed by atoms with Gasteiger partial charge in [0.1, 0.15) is 6.54 Å². The predicted octanol–water partition coefficient (Wildman–Crippen LogP) is 4.94. The van der Waals surface area contributed by atoms with E-state index in [-0.39, 0.29) is 17.3 Å². The van der Waals surface area contributed by atoms with Gasteiger partial charge in [0.15, 0.2) is 0 Å². The van der Waals surface area contributed by atoms with Gasteiger partial charge in [-0.05, 0) is 55.3 Å². The monoisotopic (exact) mass is 482 g/mol. The minimum absolute atomic E-state index is 0.161. The molecule has 0 bridgehead atoms. The fourth-order valence-corrected chi connectivity index (χ4v) is 5.75. The highest BCUT2D eigenvalue weighted by molar-refractivity contribution is 7.98. The Balaban J connectivity index is 1.57. The summed E-state index contributed by atoms with van der Waals surface area (Å²) < 4.78 is 27.9. The zero-order valence-corrected chi connectivity index (χ0v) is 20.7. The first kappa shape index (κ1) is 24.9. The molecule has 0 fully saturated rings. The van der Waals surface area contributed by atoms with Crippen LogP contribution in [0.2, 0.25) is 0 Å². The normalized spacial score (nSPS) is 11.2. The molecule has 1 amide bonds. The summed E-state index contributed by atoms with van der Waals surface area (Å²) in [5, 5.41) is 2.87. The van der Waals surface area contributed by atoms with Gasteiger partial charge in [-0.15, -0.1) is 0 Å². The Hall–Kier alpha value is -2.77. The van der Waals surface area contributed by atoms with E-state index in [1.54, 1.807) is 42.5 Å². The second-order valence-electron chi connectivity index (χ2n) is 7.85. The molecule has 0 saturated carbocycles. The Morgan fingerprint density at radius 3 is 2.27 bits per heavy atom. The van der Waals surface area contributed by atoms with E-state index in [0.717, 1.165) is 23.5 Å². The first-order valence-corrected chi connectivity index (χ1v) is 13.5. The zero-order valence-electron chi connectivity index (χ0n) is 19.0. The van der Waals surface area contributed by atoms with Crippen molar-refractivity contribution >= 4 is 33.4 Å². The molecule has 0 radical (unpaired) electrons. The van der Waals surface area contributed by atoms with Gasteiger partial charge in [-0.2, -0.15) is 11.8 Å². The average Bonchev–Trinajstić information content (AvgIpc) is 2.82. The molecule has 7 heteroatoms. The quantitative estimate of drug-likeness (QED) is 0.393. The molecule has 33 heavy (non-hydrogen) atoms. The van der Waals surface area contributed by atoms with Crippen molar-refractivity contribution in [1.29, 1.82) is 0 Å². The summed E-state index contributed by atoms with van der Waals surface area (Å²) in [4.78, 5) is 12.8. The number of thioether (sulfide) groups is 1. The van der Waals surface area contributed by atoms with Crippen LogP contribution < -0.4 is 9.62 Å². The first-order valence-electron chi connectivity index (χ1n) is 10.9. The maximum absolute atomic E-state index is 13.3. The van der Waals surface area contributed by atoms with E-state index in [0.29, 0.717) is 12.2 Å².